The normalized spacial score (nSPS) is 10.2. The Hall–Kier alpha value is -2.50. The molecule has 2 rings (SSSR count). The van der Waals surface area contributed by atoms with Crippen molar-refractivity contribution in [3.63, 3.8) is 0 Å². The second-order valence-electron chi connectivity index (χ2n) is 4.42. The van der Waals surface area contributed by atoms with E-state index in [2.05, 4.69) is 15.6 Å². The van der Waals surface area contributed by atoms with Crippen LogP contribution in [0, 0.1) is 6.92 Å². The van der Waals surface area contributed by atoms with E-state index in [-0.39, 0.29) is 6.03 Å². The third-order valence-electron chi connectivity index (χ3n) is 3.11. The number of anilines is 1. The lowest BCUT2D eigenvalue weighted by Gasteiger charge is -2.09. The molecule has 0 aliphatic heterocycles. The second-order valence-corrected chi connectivity index (χ2v) is 4.42. The summed E-state index contributed by atoms with van der Waals surface area (Å²) in [5.74, 6) is 0.509. The molecular weight excluding hydrogens is 256 g/mol. The van der Waals surface area contributed by atoms with Crippen molar-refractivity contribution in [3.8, 4) is 5.88 Å². The van der Waals surface area contributed by atoms with Crippen molar-refractivity contribution >= 4 is 11.7 Å². The average Bonchev–Trinajstić information content (AvgIpc) is 2.77. The van der Waals surface area contributed by atoms with Crippen molar-refractivity contribution in [2.45, 2.75) is 13.5 Å². The van der Waals surface area contributed by atoms with Gasteiger partial charge in [0.1, 0.15) is 0 Å². The molecule has 2 aromatic heterocycles. The zero-order chi connectivity index (χ0) is 14.5. The van der Waals surface area contributed by atoms with Crippen molar-refractivity contribution < 1.29 is 9.53 Å². The minimum Gasteiger partial charge on any atom is -0.481 e. The molecule has 0 fully saturated rings. The third kappa shape index (κ3) is 3.28. The molecule has 0 radical (unpaired) electrons. The number of aromatic nitrogens is 2. The predicted octanol–water partition coefficient (Wildman–Crippen LogP) is 2.06. The SMILES string of the molecule is COc1ccc(NC(=O)NCc2ccc(C)n2C)cn1. The highest BCUT2D eigenvalue weighted by atomic mass is 16.5. The van der Waals surface area contributed by atoms with Gasteiger partial charge < -0.3 is 19.9 Å². The molecule has 0 atom stereocenters. The van der Waals surface area contributed by atoms with Crippen LogP contribution >= 0.6 is 0 Å². The number of rotatable bonds is 4. The van der Waals surface area contributed by atoms with Gasteiger partial charge in [-0.2, -0.15) is 0 Å². The van der Waals surface area contributed by atoms with Crippen molar-refractivity contribution in [3.05, 3.63) is 41.9 Å². The van der Waals surface area contributed by atoms with Gasteiger partial charge in [0.2, 0.25) is 5.88 Å². The highest BCUT2D eigenvalue weighted by Gasteiger charge is 2.05. The van der Waals surface area contributed by atoms with Crippen LogP contribution in [-0.2, 0) is 13.6 Å². The second kappa shape index (κ2) is 6.10. The molecule has 2 heterocycles. The number of ether oxygens (including phenoxy) is 1. The number of carbonyl (C=O) groups is 1. The van der Waals surface area contributed by atoms with Crippen LogP contribution in [0.15, 0.2) is 30.5 Å². The van der Waals surface area contributed by atoms with Crippen LogP contribution in [0.2, 0.25) is 0 Å². The minimum absolute atomic E-state index is 0.268. The summed E-state index contributed by atoms with van der Waals surface area (Å²) < 4.78 is 6.99. The molecule has 0 aliphatic rings. The number of hydrogen-bond acceptors (Lipinski definition) is 3. The summed E-state index contributed by atoms with van der Waals surface area (Å²) in [7, 11) is 3.52. The first kappa shape index (κ1) is 13.9. The number of urea groups is 1. The molecule has 2 N–H and O–H groups in total. The van der Waals surface area contributed by atoms with Crippen molar-refractivity contribution in [2.75, 3.05) is 12.4 Å². The molecule has 6 heteroatoms. The summed E-state index contributed by atoms with van der Waals surface area (Å²) in [5.41, 5.74) is 2.82. The Morgan fingerprint density at radius 1 is 1.35 bits per heavy atom. The van der Waals surface area contributed by atoms with Gasteiger partial charge in [0.05, 0.1) is 25.5 Å². The standard InChI is InChI=1S/C14H18N4O2/c1-10-4-6-12(18(10)2)9-16-14(19)17-11-5-7-13(20-3)15-8-11/h4-8H,9H2,1-3H3,(H2,16,17,19). The molecular formula is C14H18N4O2. The maximum Gasteiger partial charge on any atom is 0.319 e. The summed E-state index contributed by atoms with van der Waals surface area (Å²) in [6.07, 6.45) is 1.55. The number of aryl methyl sites for hydroxylation is 1. The van der Waals surface area contributed by atoms with Gasteiger partial charge in [-0.05, 0) is 25.1 Å². The topological polar surface area (TPSA) is 68.2 Å². The van der Waals surface area contributed by atoms with Crippen LogP contribution in [0.4, 0.5) is 10.5 Å². The van der Waals surface area contributed by atoms with E-state index in [1.54, 1.807) is 25.4 Å². The van der Waals surface area contributed by atoms with E-state index in [9.17, 15) is 4.79 Å². The summed E-state index contributed by atoms with van der Waals surface area (Å²) >= 11 is 0. The van der Waals surface area contributed by atoms with Gasteiger partial charge >= 0.3 is 6.03 Å². The first-order valence-electron chi connectivity index (χ1n) is 6.26. The summed E-state index contributed by atoms with van der Waals surface area (Å²) in [4.78, 5) is 15.8. The molecule has 6 nitrogen and oxygen atoms in total. The fourth-order valence-corrected chi connectivity index (χ4v) is 1.77. The monoisotopic (exact) mass is 274 g/mol. The largest absolute Gasteiger partial charge is 0.481 e. The van der Waals surface area contributed by atoms with Gasteiger partial charge in [-0.25, -0.2) is 9.78 Å². The van der Waals surface area contributed by atoms with Crippen LogP contribution in [0.3, 0.4) is 0 Å². The molecule has 0 spiro atoms. The maximum atomic E-state index is 11.8. The highest BCUT2D eigenvalue weighted by Crippen LogP contribution is 2.11. The van der Waals surface area contributed by atoms with Crippen LogP contribution in [0.5, 0.6) is 5.88 Å². The molecule has 0 bridgehead atoms. The fourth-order valence-electron chi connectivity index (χ4n) is 1.77. The number of nitrogens with one attached hydrogen (secondary N) is 2. The Morgan fingerprint density at radius 3 is 2.70 bits per heavy atom. The van der Waals surface area contributed by atoms with Gasteiger partial charge in [-0.15, -0.1) is 0 Å². The molecule has 0 aromatic carbocycles. The molecule has 106 valence electrons. The van der Waals surface area contributed by atoms with E-state index in [1.165, 1.54) is 0 Å². The van der Waals surface area contributed by atoms with Gasteiger partial charge in [-0.1, -0.05) is 0 Å². The van der Waals surface area contributed by atoms with Gasteiger partial charge in [0.15, 0.2) is 0 Å². The molecule has 2 aromatic rings. The van der Waals surface area contributed by atoms with E-state index >= 15 is 0 Å². The van der Waals surface area contributed by atoms with Crippen LogP contribution in [0.1, 0.15) is 11.4 Å². The Balaban J connectivity index is 1.87. The fraction of sp³-hybridized carbons (Fsp3) is 0.286. The number of methoxy groups -OCH3 is 1. The number of nitrogens with zero attached hydrogens (tertiary/aromatic N) is 2. The third-order valence-corrected chi connectivity index (χ3v) is 3.11. The first-order valence-corrected chi connectivity index (χ1v) is 6.26. The molecule has 0 unspecified atom stereocenters. The van der Waals surface area contributed by atoms with Gasteiger partial charge in [0, 0.05) is 24.5 Å². The lowest BCUT2D eigenvalue weighted by Crippen LogP contribution is -2.29. The number of pyridine rings is 1. The molecule has 0 saturated heterocycles. The molecule has 0 aliphatic carbocycles. The summed E-state index contributed by atoms with van der Waals surface area (Å²) in [5, 5.41) is 5.51. The Bertz CT molecular complexity index is 590. The number of hydrogen-bond donors (Lipinski definition) is 2. The maximum absolute atomic E-state index is 11.8. The first-order chi connectivity index (χ1) is 9.60. The zero-order valence-electron chi connectivity index (χ0n) is 11.8. The van der Waals surface area contributed by atoms with E-state index in [0.717, 1.165) is 11.4 Å². The molecule has 20 heavy (non-hydrogen) atoms. The minimum atomic E-state index is -0.268. The Morgan fingerprint density at radius 2 is 2.15 bits per heavy atom. The van der Waals surface area contributed by atoms with Crippen molar-refractivity contribution in [1.82, 2.24) is 14.9 Å². The lowest BCUT2D eigenvalue weighted by atomic mass is 10.4. The van der Waals surface area contributed by atoms with Crippen LogP contribution in [0.25, 0.3) is 0 Å². The Labute approximate surface area is 117 Å². The average molecular weight is 274 g/mol. The van der Waals surface area contributed by atoms with Gasteiger partial charge in [-0.3, -0.25) is 0 Å². The quantitative estimate of drug-likeness (QED) is 0.896. The lowest BCUT2D eigenvalue weighted by molar-refractivity contribution is 0.251. The van der Waals surface area contributed by atoms with Crippen molar-refractivity contribution in [2.24, 2.45) is 7.05 Å². The smallest absolute Gasteiger partial charge is 0.319 e. The zero-order valence-corrected chi connectivity index (χ0v) is 11.8. The van der Waals surface area contributed by atoms with E-state index in [0.29, 0.717) is 18.1 Å². The summed E-state index contributed by atoms with van der Waals surface area (Å²) in [6, 6.07) is 7.16. The van der Waals surface area contributed by atoms with E-state index in [1.807, 2.05) is 30.7 Å². The molecule has 0 saturated carbocycles. The van der Waals surface area contributed by atoms with Crippen molar-refractivity contribution in [1.29, 1.82) is 0 Å². The van der Waals surface area contributed by atoms with E-state index < -0.39 is 0 Å². The van der Waals surface area contributed by atoms with Gasteiger partial charge in [0.25, 0.3) is 0 Å². The highest BCUT2D eigenvalue weighted by molar-refractivity contribution is 5.88. The molecule has 2 amide bonds. The number of amides is 2. The van der Waals surface area contributed by atoms with Crippen LogP contribution in [-0.4, -0.2) is 22.7 Å². The van der Waals surface area contributed by atoms with E-state index in [4.69, 9.17) is 4.74 Å². The predicted molar refractivity (Wildman–Crippen MR) is 76.8 cm³/mol. The van der Waals surface area contributed by atoms with Crippen LogP contribution < -0.4 is 15.4 Å². The summed E-state index contributed by atoms with van der Waals surface area (Å²) in [6.45, 7) is 2.49. The number of carbonyl (C=O) groups excluding carboxylic acids is 1. The Kier molecular flexibility index (Phi) is 4.24.